The summed E-state index contributed by atoms with van der Waals surface area (Å²) in [5, 5.41) is 1.32. The molecular formula is C19H21Cl3O4. The maximum atomic E-state index is 6.29. The summed E-state index contributed by atoms with van der Waals surface area (Å²) < 4.78 is 22.3. The fraction of sp³-hybridized carbons (Fsp3) is 0.368. The van der Waals surface area contributed by atoms with Gasteiger partial charge in [0.1, 0.15) is 19.0 Å². The van der Waals surface area contributed by atoms with Crippen LogP contribution in [0.25, 0.3) is 0 Å². The van der Waals surface area contributed by atoms with Crippen LogP contribution in [-0.4, -0.2) is 26.1 Å². The minimum atomic E-state index is -0.446. The van der Waals surface area contributed by atoms with Gasteiger partial charge in [-0.1, -0.05) is 53.0 Å². The molecule has 0 radical (unpaired) electrons. The van der Waals surface area contributed by atoms with E-state index in [0.29, 0.717) is 39.8 Å². The number of halogens is 3. The molecule has 0 unspecified atom stereocenters. The molecule has 0 saturated heterocycles. The van der Waals surface area contributed by atoms with Crippen molar-refractivity contribution in [3.05, 3.63) is 57.0 Å². The predicted molar refractivity (Wildman–Crippen MR) is 105 cm³/mol. The molecule has 26 heavy (non-hydrogen) atoms. The minimum absolute atomic E-state index is 0.230. The smallest absolute Gasteiger partial charge is 0.191 e. The molecule has 0 aliphatic heterocycles. The van der Waals surface area contributed by atoms with E-state index in [2.05, 4.69) is 0 Å². The van der Waals surface area contributed by atoms with Crippen LogP contribution in [0, 0.1) is 0 Å². The number of hydrogen-bond acceptors (Lipinski definition) is 4. The van der Waals surface area contributed by atoms with Gasteiger partial charge in [0.05, 0.1) is 10.0 Å². The Bertz CT molecular complexity index is 680. The van der Waals surface area contributed by atoms with Crippen LogP contribution in [0.15, 0.2) is 36.4 Å². The van der Waals surface area contributed by atoms with E-state index in [9.17, 15) is 0 Å². The summed E-state index contributed by atoms with van der Waals surface area (Å²) in [6.45, 7) is 5.34. The van der Waals surface area contributed by atoms with E-state index in [0.717, 1.165) is 5.56 Å². The second-order valence-corrected chi connectivity index (χ2v) is 6.47. The van der Waals surface area contributed by atoms with Crippen LogP contribution in [0.4, 0.5) is 0 Å². The van der Waals surface area contributed by atoms with Crippen LogP contribution in [0.2, 0.25) is 15.1 Å². The molecule has 7 heteroatoms. The van der Waals surface area contributed by atoms with Crippen molar-refractivity contribution in [3.8, 4) is 11.5 Å². The molecule has 0 heterocycles. The average molecular weight is 420 g/mol. The zero-order valence-electron chi connectivity index (χ0n) is 14.6. The Morgan fingerprint density at radius 3 is 2.04 bits per heavy atom. The summed E-state index contributed by atoms with van der Waals surface area (Å²) in [7, 11) is 0. The maximum absolute atomic E-state index is 6.29. The normalized spacial score (nSPS) is 11.0. The molecule has 2 aromatic carbocycles. The van der Waals surface area contributed by atoms with Gasteiger partial charge >= 0.3 is 0 Å². The summed E-state index contributed by atoms with van der Waals surface area (Å²) >= 11 is 18.7. The first kappa shape index (κ1) is 21.1. The van der Waals surface area contributed by atoms with Gasteiger partial charge < -0.3 is 18.9 Å². The zero-order valence-corrected chi connectivity index (χ0v) is 16.9. The van der Waals surface area contributed by atoms with Gasteiger partial charge in [-0.25, -0.2) is 0 Å². The number of rotatable bonds is 10. The van der Waals surface area contributed by atoms with Gasteiger partial charge in [-0.3, -0.25) is 0 Å². The molecule has 0 aromatic heterocycles. The first-order valence-electron chi connectivity index (χ1n) is 8.26. The third kappa shape index (κ3) is 6.22. The molecule has 0 saturated carbocycles. The van der Waals surface area contributed by atoms with E-state index in [-0.39, 0.29) is 13.2 Å². The Morgan fingerprint density at radius 1 is 0.846 bits per heavy atom. The number of hydrogen-bond donors (Lipinski definition) is 0. The third-order valence-electron chi connectivity index (χ3n) is 3.39. The van der Waals surface area contributed by atoms with Crippen molar-refractivity contribution in [2.45, 2.75) is 26.7 Å². The largest absolute Gasteiger partial charge is 0.488 e. The maximum Gasteiger partial charge on any atom is 0.191 e. The van der Waals surface area contributed by atoms with Crippen molar-refractivity contribution >= 4 is 34.8 Å². The van der Waals surface area contributed by atoms with Gasteiger partial charge in [0.2, 0.25) is 0 Å². The summed E-state index contributed by atoms with van der Waals surface area (Å²) in [6, 6.07) is 10.7. The topological polar surface area (TPSA) is 36.9 Å². The van der Waals surface area contributed by atoms with Gasteiger partial charge in [0.25, 0.3) is 0 Å². The molecule has 0 amide bonds. The highest BCUT2D eigenvalue weighted by atomic mass is 35.5. The quantitative estimate of drug-likeness (QED) is 0.442. The Morgan fingerprint density at radius 2 is 1.46 bits per heavy atom. The molecule has 0 atom stereocenters. The fourth-order valence-electron chi connectivity index (χ4n) is 2.20. The number of benzene rings is 2. The summed E-state index contributed by atoms with van der Waals surface area (Å²) in [5.41, 5.74) is 0.845. The highest BCUT2D eigenvalue weighted by molar-refractivity contribution is 6.37. The van der Waals surface area contributed by atoms with E-state index in [4.69, 9.17) is 53.8 Å². The van der Waals surface area contributed by atoms with Crippen molar-refractivity contribution in [3.63, 3.8) is 0 Å². The molecule has 0 aliphatic rings. The molecule has 0 N–H and O–H groups in total. The fourth-order valence-corrected chi connectivity index (χ4v) is 2.97. The van der Waals surface area contributed by atoms with E-state index in [1.54, 1.807) is 18.2 Å². The molecule has 2 aromatic rings. The molecule has 4 nitrogen and oxygen atoms in total. The molecule has 0 fully saturated rings. The second kappa shape index (κ2) is 10.9. The van der Waals surface area contributed by atoms with E-state index >= 15 is 0 Å². The molecule has 0 bridgehead atoms. The third-order valence-corrected chi connectivity index (χ3v) is 4.32. The van der Waals surface area contributed by atoms with Crippen molar-refractivity contribution < 1.29 is 18.9 Å². The van der Waals surface area contributed by atoms with Crippen LogP contribution in [0.1, 0.15) is 19.4 Å². The van der Waals surface area contributed by atoms with Crippen LogP contribution in [0.3, 0.4) is 0 Å². The first-order valence-corrected chi connectivity index (χ1v) is 9.39. The Balaban J connectivity index is 2.02. The first-order chi connectivity index (χ1) is 12.5. The SMILES string of the molecule is CCOC(COc1cc(Cl)c(OCc2ccccc2Cl)c(Cl)c1)OCC. The minimum Gasteiger partial charge on any atom is -0.488 e. The lowest BCUT2D eigenvalue weighted by atomic mass is 10.2. The summed E-state index contributed by atoms with van der Waals surface area (Å²) in [5.74, 6) is 0.890. The van der Waals surface area contributed by atoms with Gasteiger partial charge in [0, 0.05) is 35.9 Å². The molecule has 2 rings (SSSR count). The Hall–Kier alpha value is -1.17. The van der Waals surface area contributed by atoms with Crippen LogP contribution in [0.5, 0.6) is 11.5 Å². The summed E-state index contributed by atoms with van der Waals surface area (Å²) in [6.07, 6.45) is -0.446. The van der Waals surface area contributed by atoms with E-state index < -0.39 is 6.29 Å². The monoisotopic (exact) mass is 418 g/mol. The van der Waals surface area contributed by atoms with Crippen molar-refractivity contribution in [1.29, 1.82) is 0 Å². The lowest BCUT2D eigenvalue weighted by Gasteiger charge is -2.18. The Kier molecular flexibility index (Phi) is 8.82. The van der Waals surface area contributed by atoms with Gasteiger partial charge in [-0.15, -0.1) is 0 Å². The standard InChI is InChI=1S/C19H21Cl3O4/c1-3-23-18(24-4-2)12-25-14-9-16(21)19(17(22)10-14)26-11-13-7-5-6-8-15(13)20/h5-10,18H,3-4,11-12H2,1-2H3. The van der Waals surface area contributed by atoms with Crippen molar-refractivity contribution in [2.24, 2.45) is 0 Å². The van der Waals surface area contributed by atoms with Gasteiger partial charge in [0.15, 0.2) is 12.0 Å². The van der Waals surface area contributed by atoms with Crippen LogP contribution >= 0.6 is 34.8 Å². The van der Waals surface area contributed by atoms with Crippen molar-refractivity contribution in [2.75, 3.05) is 19.8 Å². The van der Waals surface area contributed by atoms with E-state index in [1.165, 1.54) is 0 Å². The lowest BCUT2D eigenvalue weighted by molar-refractivity contribution is -0.152. The zero-order chi connectivity index (χ0) is 18.9. The van der Waals surface area contributed by atoms with Crippen LogP contribution < -0.4 is 9.47 Å². The van der Waals surface area contributed by atoms with Gasteiger partial charge in [-0.2, -0.15) is 0 Å². The molecule has 142 valence electrons. The van der Waals surface area contributed by atoms with Gasteiger partial charge in [-0.05, 0) is 19.9 Å². The van der Waals surface area contributed by atoms with E-state index in [1.807, 2.05) is 32.0 Å². The Labute approximate surface area is 168 Å². The molecule has 0 spiro atoms. The van der Waals surface area contributed by atoms with Crippen LogP contribution in [-0.2, 0) is 16.1 Å². The second-order valence-electron chi connectivity index (χ2n) is 5.25. The highest BCUT2D eigenvalue weighted by Gasteiger charge is 2.14. The highest BCUT2D eigenvalue weighted by Crippen LogP contribution is 2.37. The average Bonchev–Trinajstić information content (AvgIpc) is 2.61. The molecule has 0 aliphatic carbocycles. The van der Waals surface area contributed by atoms with Crippen molar-refractivity contribution in [1.82, 2.24) is 0 Å². The lowest BCUT2D eigenvalue weighted by Crippen LogP contribution is -2.25. The number of ether oxygens (including phenoxy) is 4. The predicted octanol–water partition coefficient (Wildman–Crippen LogP) is 6.00. The molecular weight excluding hydrogens is 399 g/mol. The summed E-state index contributed by atoms with van der Waals surface area (Å²) in [4.78, 5) is 0.